The fraction of sp³-hybridized carbons (Fsp3) is 0.562. The summed E-state index contributed by atoms with van der Waals surface area (Å²) < 4.78 is 5.27. The smallest absolute Gasteiger partial charge is 0.257 e. The number of benzene rings is 1. The second kappa shape index (κ2) is 6.16. The molecule has 1 aromatic carbocycles. The van der Waals surface area contributed by atoms with Gasteiger partial charge in [0.2, 0.25) is 0 Å². The van der Waals surface area contributed by atoms with E-state index in [1.807, 2.05) is 4.90 Å². The van der Waals surface area contributed by atoms with Gasteiger partial charge < -0.3 is 15.4 Å². The summed E-state index contributed by atoms with van der Waals surface area (Å²) in [7, 11) is 1.58. The number of carbonyl (C=O) groups excluding carboxylic acids is 1. The zero-order valence-corrected chi connectivity index (χ0v) is 12.6. The molecule has 0 radical (unpaired) electrons. The molecular formula is C16H24N2O2. The number of hydrogen-bond donors (Lipinski definition) is 1. The van der Waals surface area contributed by atoms with Gasteiger partial charge in [-0.1, -0.05) is 13.8 Å². The Morgan fingerprint density at radius 3 is 2.55 bits per heavy atom. The van der Waals surface area contributed by atoms with Gasteiger partial charge in [-0.2, -0.15) is 0 Å². The van der Waals surface area contributed by atoms with Crippen molar-refractivity contribution in [3.05, 3.63) is 23.8 Å². The summed E-state index contributed by atoms with van der Waals surface area (Å²) >= 11 is 0. The Hall–Kier alpha value is -1.71. The summed E-state index contributed by atoms with van der Waals surface area (Å²) in [5.74, 6) is 2.03. The Balaban J connectivity index is 2.11. The molecule has 1 aromatic rings. The van der Waals surface area contributed by atoms with Gasteiger partial charge in [-0.15, -0.1) is 0 Å². The zero-order valence-electron chi connectivity index (χ0n) is 12.6. The second-order valence-electron chi connectivity index (χ2n) is 5.83. The van der Waals surface area contributed by atoms with Gasteiger partial charge in [0.15, 0.2) is 0 Å². The lowest BCUT2D eigenvalue weighted by Crippen LogP contribution is -2.39. The van der Waals surface area contributed by atoms with E-state index in [1.54, 1.807) is 25.3 Å². The molecule has 2 N–H and O–H groups in total. The molecule has 0 spiro atoms. The van der Waals surface area contributed by atoms with Crippen molar-refractivity contribution < 1.29 is 9.53 Å². The van der Waals surface area contributed by atoms with E-state index in [9.17, 15) is 4.79 Å². The number of methoxy groups -OCH3 is 1. The molecule has 2 rings (SSSR count). The van der Waals surface area contributed by atoms with Crippen molar-refractivity contribution in [2.45, 2.75) is 26.7 Å². The van der Waals surface area contributed by atoms with E-state index < -0.39 is 0 Å². The van der Waals surface area contributed by atoms with Crippen molar-refractivity contribution >= 4 is 11.6 Å². The third-order valence-corrected chi connectivity index (χ3v) is 4.22. The average Bonchev–Trinajstić information content (AvgIpc) is 2.46. The van der Waals surface area contributed by atoms with Crippen molar-refractivity contribution in [2.24, 2.45) is 11.8 Å². The Kier molecular flexibility index (Phi) is 4.53. The van der Waals surface area contributed by atoms with Crippen molar-refractivity contribution in [2.75, 3.05) is 25.9 Å². The van der Waals surface area contributed by atoms with E-state index >= 15 is 0 Å². The van der Waals surface area contributed by atoms with Crippen molar-refractivity contribution in [3.63, 3.8) is 0 Å². The Bertz CT molecular complexity index is 477. The first-order chi connectivity index (χ1) is 9.52. The topological polar surface area (TPSA) is 55.6 Å². The number of ether oxygens (including phenoxy) is 1. The van der Waals surface area contributed by atoms with E-state index in [1.165, 1.54) is 0 Å². The Morgan fingerprint density at radius 1 is 1.35 bits per heavy atom. The molecule has 1 aliphatic heterocycles. The van der Waals surface area contributed by atoms with E-state index in [0.717, 1.165) is 31.8 Å². The van der Waals surface area contributed by atoms with Gasteiger partial charge in [-0.05, 0) is 42.9 Å². The monoisotopic (exact) mass is 276 g/mol. The van der Waals surface area contributed by atoms with Crippen LogP contribution in [0.1, 0.15) is 37.0 Å². The van der Waals surface area contributed by atoms with Gasteiger partial charge >= 0.3 is 0 Å². The van der Waals surface area contributed by atoms with E-state index in [2.05, 4.69) is 13.8 Å². The molecule has 20 heavy (non-hydrogen) atoms. The minimum absolute atomic E-state index is 0.0244. The third kappa shape index (κ3) is 3.06. The van der Waals surface area contributed by atoms with Gasteiger partial charge in [0, 0.05) is 18.8 Å². The highest BCUT2D eigenvalue weighted by Gasteiger charge is 2.26. The van der Waals surface area contributed by atoms with Gasteiger partial charge in [0.1, 0.15) is 5.75 Å². The molecule has 0 atom stereocenters. The maximum absolute atomic E-state index is 12.6. The number of amides is 1. The standard InChI is InChI=1S/C16H24N2O2/c1-11(2)12-6-8-18(9-7-12)16(19)14-10-13(17)4-5-15(14)20-3/h4-5,10-12H,6-9,17H2,1-3H3. The van der Waals surface area contributed by atoms with Crippen LogP contribution in [0.2, 0.25) is 0 Å². The number of nitrogens with zero attached hydrogens (tertiary/aromatic N) is 1. The number of likely N-dealkylation sites (tertiary alicyclic amines) is 1. The molecule has 1 amide bonds. The van der Waals surface area contributed by atoms with Crippen LogP contribution in [0, 0.1) is 11.8 Å². The Labute approximate surface area is 120 Å². The first kappa shape index (κ1) is 14.7. The zero-order chi connectivity index (χ0) is 14.7. The van der Waals surface area contributed by atoms with Crippen LogP contribution < -0.4 is 10.5 Å². The summed E-state index contributed by atoms with van der Waals surface area (Å²) in [6.07, 6.45) is 2.15. The summed E-state index contributed by atoms with van der Waals surface area (Å²) in [6, 6.07) is 5.21. The number of piperidine rings is 1. The lowest BCUT2D eigenvalue weighted by atomic mass is 9.86. The molecule has 1 aliphatic rings. The molecular weight excluding hydrogens is 252 g/mol. The first-order valence-electron chi connectivity index (χ1n) is 7.25. The fourth-order valence-electron chi connectivity index (χ4n) is 2.83. The summed E-state index contributed by atoms with van der Waals surface area (Å²) in [5, 5.41) is 0. The summed E-state index contributed by atoms with van der Waals surface area (Å²) in [4.78, 5) is 14.5. The molecule has 0 bridgehead atoms. The average molecular weight is 276 g/mol. The number of anilines is 1. The number of carbonyl (C=O) groups is 1. The lowest BCUT2D eigenvalue weighted by Gasteiger charge is -2.34. The summed E-state index contributed by atoms with van der Waals surface area (Å²) in [5.41, 5.74) is 6.94. The van der Waals surface area contributed by atoms with E-state index in [4.69, 9.17) is 10.5 Å². The van der Waals surface area contributed by atoms with Crippen LogP contribution >= 0.6 is 0 Å². The lowest BCUT2D eigenvalue weighted by molar-refractivity contribution is 0.0664. The second-order valence-corrected chi connectivity index (χ2v) is 5.83. The van der Waals surface area contributed by atoms with Crippen LogP contribution in [0.5, 0.6) is 5.75 Å². The van der Waals surface area contributed by atoms with Crippen LogP contribution in [0.3, 0.4) is 0 Å². The molecule has 110 valence electrons. The van der Waals surface area contributed by atoms with Crippen LogP contribution in [-0.2, 0) is 0 Å². The van der Waals surface area contributed by atoms with E-state index in [-0.39, 0.29) is 5.91 Å². The van der Waals surface area contributed by atoms with Crippen LogP contribution in [0.15, 0.2) is 18.2 Å². The highest BCUT2D eigenvalue weighted by Crippen LogP contribution is 2.28. The number of nitrogens with two attached hydrogens (primary N) is 1. The van der Waals surface area contributed by atoms with Crippen LogP contribution in [0.4, 0.5) is 5.69 Å². The maximum Gasteiger partial charge on any atom is 0.257 e. The van der Waals surface area contributed by atoms with Gasteiger partial charge in [-0.3, -0.25) is 4.79 Å². The summed E-state index contributed by atoms with van der Waals surface area (Å²) in [6.45, 7) is 6.14. The molecule has 4 nitrogen and oxygen atoms in total. The fourth-order valence-corrected chi connectivity index (χ4v) is 2.83. The highest BCUT2D eigenvalue weighted by atomic mass is 16.5. The predicted molar refractivity (Wildman–Crippen MR) is 80.9 cm³/mol. The molecule has 0 saturated carbocycles. The van der Waals surface area contributed by atoms with Crippen LogP contribution in [-0.4, -0.2) is 31.0 Å². The van der Waals surface area contributed by atoms with E-state index in [0.29, 0.717) is 22.9 Å². The van der Waals surface area contributed by atoms with Gasteiger partial charge in [0.25, 0.3) is 5.91 Å². The molecule has 1 heterocycles. The number of hydrogen-bond acceptors (Lipinski definition) is 3. The molecule has 4 heteroatoms. The maximum atomic E-state index is 12.6. The molecule has 0 aliphatic carbocycles. The Morgan fingerprint density at radius 2 is 2.00 bits per heavy atom. The van der Waals surface area contributed by atoms with Crippen LogP contribution in [0.25, 0.3) is 0 Å². The minimum Gasteiger partial charge on any atom is -0.496 e. The van der Waals surface area contributed by atoms with Gasteiger partial charge in [-0.25, -0.2) is 0 Å². The quantitative estimate of drug-likeness (QED) is 0.864. The molecule has 1 saturated heterocycles. The third-order valence-electron chi connectivity index (χ3n) is 4.22. The largest absolute Gasteiger partial charge is 0.496 e. The van der Waals surface area contributed by atoms with Gasteiger partial charge in [0.05, 0.1) is 12.7 Å². The molecule has 0 unspecified atom stereocenters. The van der Waals surface area contributed by atoms with Crippen molar-refractivity contribution in [1.29, 1.82) is 0 Å². The molecule has 1 fully saturated rings. The first-order valence-corrected chi connectivity index (χ1v) is 7.25. The predicted octanol–water partition coefficient (Wildman–Crippen LogP) is 2.79. The van der Waals surface area contributed by atoms with Crippen molar-refractivity contribution in [1.82, 2.24) is 4.90 Å². The SMILES string of the molecule is COc1ccc(N)cc1C(=O)N1CCC(C(C)C)CC1. The highest BCUT2D eigenvalue weighted by molar-refractivity contribution is 5.97. The minimum atomic E-state index is 0.0244. The number of rotatable bonds is 3. The number of nitrogen functional groups attached to an aromatic ring is 1. The normalized spacial score (nSPS) is 16.5. The van der Waals surface area contributed by atoms with Crippen molar-refractivity contribution in [3.8, 4) is 5.75 Å². The molecule has 0 aromatic heterocycles.